The smallest absolute Gasteiger partial charge is 0.243 e. The summed E-state index contributed by atoms with van der Waals surface area (Å²) in [6.07, 6.45) is 1.19. The standard InChI is InChI=1S/C22H26FN3O3S/c1-17-8-10-18(11-9-17)30(28,29)26-12-4-7-21(26)22(27)25-15-13-24(14-16-25)20-6-3-2-5-19(20)23/h2-3,5-6,8-11,21H,4,7,12-16H2,1H3. The first-order chi connectivity index (χ1) is 14.4. The van der Waals surface area contributed by atoms with Gasteiger partial charge in [0, 0.05) is 32.7 Å². The number of nitrogens with zero attached hydrogens (tertiary/aromatic N) is 3. The van der Waals surface area contributed by atoms with Crippen LogP contribution in [0.2, 0.25) is 0 Å². The number of amides is 1. The van der Waals surface area contributed by atoms with Crippen molar-refractivity contribution < 1.29 is 17.6 Å². The topological polar surface area (TPSA) is 60.9 Å². The molecule has 0 aromatic heterocycles. The zero-order valence-corrected chi connectivity index (χ0v) is 17.8. The van der Waals surface area contributed by atoms with Crippen molar-refractivity contribution in [3.63, 3.8) is 0 Å². The van der Waals surface area contributed by atoms with Gasteiger partial charge in [0.05, 0.1) is 10.6 Å². The minimum atomic E-state index is -3.72. The van der Waals surface area contributed by atoms with E-state index >= 15 is 0 Å². The largest absolute Gasteiger partial charge is 0.366 e. The zero-order chi connectivity index (χ0) is 21.3. The third-order valence-electron chi connectivity index (χ3n) is 5.90. The molecule has 160 valence electrons. The van der Waals surface area contributed by atoms with Gasteiger partial charge in [-0.05, 0) is 44.0 Å². The number of hydrogen-bond donors (Lipinski definition) is 0. The summed E-state index contributed by atoms with van der Waals surface area (Å²) in [5.41, 5.74) is 1.52. The van der Waals surface area contributed by atoms with Gasteiger partial charge in [0.2, 0.25) is 15.9 Å². The molecular weight excluding hydrogens is 405 g/mol. The van der Waals surface area contributed by atoms with Gasteiger partial charge in [-0.1, -0.05) is 29.8 Å². The van der Waals surface area contributed by atoms with Crippen molar-refractivity contribution in [3.8, 4) is 0 Å². The summed E-state index contributed by atoms with van der Waals surface area (Å²) < 4.78 is 41.6. The lowest BCUT2D eigenvalue weighted by Gasteiger charge is -2.38. The molecule has 30 heavy (non-hydrogen) atoms. The van der Waals surface area contributed by atoms with E-state index in [-0.39, 0.29) is 16.6 Å². The quantitative estimate of drug-likeness (QED) is 0.747. The van der Waals surface area contributed by atoms with Crippen LogP contribution in [0.4, 0.5) is 10.1 Å². The number of carbonyl (C=O) groups is 1. The van der Waals surface area contributed by atoms with E-state index in [4.69, 9.17) is 0 Å². The van der Waals surface area contributed by atoms with E-state index in [2.05, 4.69) is 0 Å². The summed E-state index contributed by atoms with van der Waals surface area (Å²) in [5.74, 6) is -0.431. The average Bonchev–Trinajstić information content (AvgIpc) is 3.25. The highest BCUT2D eigenvalue weighted by atomic mass is 32.2. The number of aryl methyl sites for hydroxylation is 1. The summed E-state index contributed by atoms with van der Waals surface area (Å²) >= 11 is 0. The molecule has 8 heteroatoms. The number of para-hydroxylation sites is 1. The summed E-state index contributed by atoms with van der Waals surface area (Å²) in [7, 11) is -3.72. The number of halogens is 1. The van der Waals surface area contributed by atoms with Crippen molar-refractivity contribution in [1.82, 2.24) is 9.21 Å². The van der Waals surface area contributed by atoms with Crippen molar-refractivity contribution in [3.05, 3.63) is 59.9 Å². The van der Waals surface area contributed by atoms with E-state index in [1.807, 2.05) is 11.8 Å². The fourth-order valence-electron chi connectivity index (χ4n) is 4.21. The second kappa shape index (κ2) is 8.35. The van der Waals surface area contributed by atoms with Gasteiger partial charge in [-0.3, -0.25) is 4.79 Å². The van der Waals surface area contributed by atoms with E-state index in [0.717, 1.165) is 5.56 Å². The molecule has 4 rings (SSSR count). The van der Waals surface area contributed by atoms with Gasteiger partial charge in [-0.2, -0.15) is 4.31 Å². The maximum absolute atomic E-state index is 14.0. The minimum Gasteiger partial charge on any atom is -0.366 e. The monoisotopic (exact) mass is 431 g/mol. The van der Waals surface area contributed by atoms with Gasteiger partial charge in [0.25, 0.3) is 0 Å². The molecular formula is C22H26FN3O3S. The van der Waals surface area contributed by atoms with Crippen LogP contribution in [0, 0.1) is 12.7 Å². The molecule has 0 saturated carbocycles. The molecule has 1 atom stereocenters. The number of anilines is 1. The molecule has 2 aliphatic heterocycles. The van der Waals surface area contributed by atoms with Crippen LogP contribution < -0.4 is 4.90 Å². The van der Waals surface area contributed by atoms with Gasteiger partial charge in [0.1, 0.15) is 11.9 Å². The Hall–Kier alpha value is -2.45. The van der Waals surface area contributed by atoms with Crippen LogP contribution in [0.5, 0.6) is 0 Å². The van der Waals surface area contributed by atoms with Crippen LogP contribution in [0.1, 0.15) is 18.4 Å². The van der Waals surface area contributed by atoms with Crippen molar-refractivity contribution in [2.24, 2.45) is 0 Å². The Balaban J connectivity index is 1.45. The Morgan fingerprint density at radius 2 is 1.63 bits per heavy atom. The van der Waals surface area contributed by atoms with Gasteiger partial charge < -0.3 is 9.80 Å². The Morgan fingerprint density at radius 1 is 0.967 bits per heavy atom. The fourth-order valence-corrected chi connectivity index (χ4v) is 5.86. The van der Waals surface area contributed by atoms with Gasteiger partial charge in [0.15, 0.2) is 0 Å². The predicted molar refractivity (Wildman–Crippen MR) is 113 cm³/mol. The van der Waals surface area contributed by atoms with E-state index in [1.165, 1.54) is 10.4 Å². The molecule has 2 aromatic rings. The molecule has 2 saturated heterocycles. The van der Waals surface area contributed by atoms with Gasteiger partial charge in [-0.25, -0.2) is 12.8 Å². The number of sulfonamides is 1. The SMILES string of the molecule is Cc1ccc(S(=O)(=O)N2CCCC2C(=O)N2CCN(c3ccccc3F)CC2)cc1. The van der Waals surface area contributed by atoms with Crippen molar-refractivity contribution >= 4 is 21.6 Å². The Morgan fingerprint density at radius 3 is 2.30 bits per heavy atom. The number of piperazine rings is 1. The molecule has 0 radical (unpaired) electrons. The Bertz CT molecular complexity index is 1020. The minimum absolute atomic E-state index is 0.156. The van der Waals surface area contributed by atoms with Crippen molar-refractivity contribution in [1.29, 1.82) is 0 Å². The molecule has 6 nitrogen and oxygen atoms in total. The highest BCUT2D eigenvalue weighted by molar-refractivity contribution is 7.89. The first-order valence-corrected chi connectivity index (χ1v) is 11.7. The number of hydrogen-bond acceptors (Lipinski definition) is 4. The molecule has 2 aliphatic rings. The maximum atomic E-state index is 14.0. The van der Waals surface area contributed by atoms with Gasteiger partial charge in [-0.15, -0.1) is 0 Å². The molecule has 0 N–H and O–H groups in total. The van der Waals surface area contributed by atoms with Crippen LogP contribution in [-0.2, 0) is 14.8 Å². The van der Waals surface area contributed by atoms with E-state index in [0.29, 0.717) is 51.3 Å². The number of benzene rings is 2. The lowest BCUT2D eigenvalue weighted by atomic mass is 10.1. The Kier molecular flexibility index (Phi) is 5.79. The van der Waals surface area contributed by atoms with E-state index in [9.17, 15) is 17.6 Å². The first-order valence-electron chi connectivity index (χ1n) is 10.2. The molecule has 2 fully saturated rings. The summed E-state index contributed by atoms with van der Waals surface area (Å²) in [5, 5.41) is 0. The molecule has 2 heterocycles. The Labute approximate surface area is 176 Å². The van der Waals surface area contributed by atoms with Crippen LogP contribution in [0.15, 0.2) is 53.4 Å². The average molecular weight is 432 g/mol. The molecule has 0 aliphatic carbocycles. The highest BCUT2D eigenvalue weighted by Crippen LogP contribution is 2.28. The number of carbonyl (C=O) groups excluding carboxylic acids is 1. The second-order valence-electron chi connectivity index (χ2n) is 7.85. The molecule has 1 unspecified atom stereocenters. The summed E-state index contributed by atoms with van der Waals surface area (Å²) in [6.45, 7) is 4.18. The van der Waals surface area contributed by atoms with Crippen LogP contribution in [0.3, 0.4) is 0 Å². The van der Waals surface area contributed by atoms with Gasteiger partial charge >= 0.3 is 0 Å². The van der Waals surface area contributed by atoms with Crippen molar-refractivity contribution in [2.45, 2.75) is 30.7 Å². The first kappa shape index (κ1) is 20.8. The highest BCUT2D eigenvalue weighted by Gasteiger charge is 2.41. The second-order valence-corrected chi connectivity index (χ2v) is 9.74. The van der Waals surface area contributed by atoms with E-state index in [1.54, 1.807) is 47.4 Å². The van der Waals surface area contributed by atoms with Crippen LogP contribution >= 0.6 is 0 Å². The fraction of sp³-hybridized carbons (Fsp3) is 0.409. The normalized spacial score (nSPS) is 20.5. The van der Waals surface area contributed by atoms with Crippen molar-refractivity contribution in [2.75, 3.05) is 37.6 Å². The molecule has 0 bridgehead atoms. The summed E-state index contributed by atoms with van der Waals surface area (Å²) in [4.78, 5) is 17.0. The van der Waals surface area contributed by atoms with Crippen LogP contribution in [-0.4, -0.2) is 62.3 Å². The summed E-state index contributed by atoms with van der Waals surface area (Å²) in [6, 6.07) is 12.7. The molecule has 1 amide bonds. The zero-order valence-electron chi connectivity index (χ0n) is 17.0. The van der Waals surface area contributed by atoms with Crippen LogP contribution in [0.25, 0.3) is 0 Å². The van der Waals surface area contributed by atoms with E-state index < -0.39 is 16.1 Å². The third-order valence-corrected chi connectivity index (χ3v) is 7.82. The predicted octanol–water partition coefficient (Wildman–Crippen LogP) is 2.64. The molecule has 2 aromatic carbocycles. The third kappa shape index (κ3) is 3.94. The maximum Gasteiger partial charge on any atom is 0.243 e. The lowest BCUT2D eigenvalue weighted by molar-refractivity contribution is -0.134. The number of rotatable bonds is 4. The lowest BCUT2D eigenvalue weighted by Crippen LogP contribution is -2.54. The molecule has 0 spiro atoms.